The summed E-state index contributed by atoms with van der Waals surface area (Å²) in [5.41, 5.74) is 0.548. The Hall–Kier alpha value is -3.56. The van der Waals surface area contributed by atoms with Gasteiger partial charge in [0.05, 0.1) is 47.0 Å². The number of hydrogen-bond acceptors (Lipinski definition) is 8. The molecule has 0 aliphatic carbocycles. The molecule has 2 fully saturated rings. The highest BCUT2D eigenvalue weighted by atomic mass is 35.5. The Kier molecular flexibility index (Phi) is 9.32. The molecule has 2 atom stereocenters. The van der Waals surface area contributed by atoms with Crippen molar-refractivity contribution in [3.63, 3.8) is 0 Å². The highest BCUT2D eigenvalue weighted by Crippen LogP contribution is 2.43. The normalized spacial score (nSPS) is 21.0. The second-order valence-electron chi connectivity index (χ2n) is 11.0. The number of piperazine rings is 1. The van der Waals surface area contributed by atoms with Crippen LogP contribution in [0.15, 0.2) is 30.9 Å². The van der Waals surface area contributed by atoms with Gasteiger partial charge in [-0.25, -0.2) is 0 Å². The first-order valence-electron chi connectivity index (χ1n) is 14.6. The summed E-state index contributed by atoms with van der Waals surface area (Å²) >= 11 is 6.04. The fourth-order valence-corrected chi connectivity index (χ4v) is 6.66. The molecule has 2 saturated heterocycles. The van der Waals surface area contributed by atoms with Gasteiger partial charge in [0.2, 0.25) is 5.91 Å². The zero-order valence-corrected chi connectivity index (χ0v) is 24.9. The van der Waals surface area contributed by atoms with E-state index in [1.54, 1.807) is 9.80 Å². The molecule has 2 aromatic rings. The van der Waals surface area contributed by atoms with Crippen molar-refractivity contribution in [2.24, 2.45) is 0 Å². The molecule has 0 saturated carbocycles. The molecule has 3 aliphatic heterocycles. The second-order valence-corrected chi connectivity index (χ2v) is 11.4. The van der Waals surface area contributed by atoms with Crippen LogP contribution < -0.4 is 14.5 Å². The van der Waals surface area contributed by atoms with E-state index < -0.39 is 11.7 Å². The number of nitrogens with zero attached hydrogens (tertiary/aromatic N) is 7. The van der Waals surface area contributed by atoms with Crippen LogP contribution in [0.4, 0.5) is 24.7 Å². The van der Waals surface area contributed by atoms with Crippen LogP contribution in [0.5, 0.6) is 6.01 Å². The molecule has 0 spiro atoms. The average molecular weight is 618 g/mol. The van der Waals surface area contributed by atoms with Gasteiger partial charge < -0.3 is 19.4 Å². The predicted octanol–water partition coefficient (Wildman–Crippen LogP) is 4.69. The maximum atomic E-state index is 14.0. The number of alkyl halides is 3. The van der Waals surface area contributed by atoms with Crippen molar-refractivity contribution >= 4 is 29.0 Å². The first-order valence-corrected chi connectivity index (χ1v) is 14.9. The van der Waals surface area contributed by atoms with E-state index in [-0.39, 0.29) is 47.7 Å². The molecule has 4 heterocycles. The Bertz CT molecular complexity index is 1400. The van der Waals surface area contributed by atoms with Gasteiger partial charge in [-0.1, -0.05) is 31.2 Å². The minimum Gasteiger partial charge on any atom is -0.462 e. The second kappa shape index (κ2) is 13.0. The van der Waals surface area contributed by atoms with Gasteiger partial charge in [0.25, 0.3) is 0 Å². The summed E-state index contributed by atoms with van der Waals surface area (Å²) in [6.07, 6.45) is -0.740. The minimum absolute atomic E-state index is 0.00320. The van der Waals surface area contributed by atoms with Crippen LogP contribution in [0.1, 0.15) is 43.0 Å². The number of halogens is 4. The van der Waals surface area contributed by atoms with Gasteiger partial charge in [-0.2, -0.15) is 28.4 Å². The lowest BCUT2D eigenvalue weighted by Crippen LogP contribution is -2.55. The Morgan fingerprint density at radius 1 is 1.21 bits per heavy atom. The van der Waals surface area contributed by atoms with E-state index in [2.05, 4.69) is 24.5 Å². The van der Waals surface area contributed by atoms with Crippen LogP contribution in [0, 0.1) is 11.3 Å². The van der Waals surface area contributed by atoms with Crippen molar-refractivity contribution in [3.05, 3.63) is 52.7 Å². The first-order chi connectivity index (χ1) is 20.6. The van der Waals surface area contributed by atoms with Crippen molar-refractivity contribution < 1.29 is 22.7 Å². The van der Waals surface area contributed by atoms with Crippen LogP contribution in [0.25, 0.3) is 0 Å². The number of carbonyl (C=O) groups excluding carboxylic acids is 1. The van der Waals surface area contributed by atoms with E-state index in [0.717, 1.165) is 31.5 Å². The van der Waals surface area contributed by atoms with E-state index in [4.69, 9.17) is 26.3 Å². The lowest BCUT2D eigenvalue weighted by molar-refractivity contribution is -0.137. The summed E-state index contributed by atoms with van der Waals surface area (Å²) in [5, 5.41) is 9.11. The quantitative estimate of drug-likeness (QED) is 0.394. The lowest BCUT2D eigenvalue weighted by atomic mass is 10.0. The van der Waals surface area contributed by atoms with Crippen LogP contribution in [-0.2, 0) is 23.9 Å². The molecule has 0 radical (unpaired) electrons. The third-order valence-electron chi connectivity index (χ3n) is 8.52. The highest BCUT2D eigenvalue weighted by molar-refractivity contribution is 6.31. The van der Waals surface area contributed by atoms with Crippen molar-refractivity contribution in [1.82, 2.24) is 19.8 Å². The highest BCUT2D eigenvalue weighted by Gasteiger charge is 2.39. The van der Waals surface area contributed by atoms with Crippen molar-refractivity contribution in [2.75, 3.05) is 55.7 Å². The summed E-state index contributed by atoms with van der Waals surface area (Å²) < 4.78 is 48.3. The summed E-state index contributed by atoms with van der Waals surface area (Å²) in [7, 11) is 0. The number of hydrogen-bond donors (Lipinski definition) is 0. The molecule has 5 rings (SSSR count). The fourth-order valence-electron chi connectivity index (χ4n) is 6.38. The fraction of sp³-hybridized carbons (Fsp3) is 0.533. The molecule has 1 aromatic carbocycles. The largest absolute Gasteiger partial charge is 0.462 e. The Labute approximate surface area is 254 Å². The molecule has 13 heteroatoms. The van der Waals surface area contributed by atoms with Gasteiger partial charge in [-0.3, -0.25) is 9.69 Å². The molecule has 230 valence electrons. The van der Waals surface area contributed by atoms with Crippen LogP contribution >= 0.6 is 11.6 Å². The van der Waals surface area contributed by atoms with Crippen LogP contribution in [0.3, 0.4) is 0 Å². The Morgan fingerprint density at radius 2 is 2.02 bits per heavy atom. The molecule has 1 amide bonds. The zero-order valence-electron chi connectivity index (χ0n) is 24.1. The Morgan fingerprint density at radius 3 is 2.74 bits per heavy atom. The molecular formula is C30H35ClF3N7O2. The topological polar surface area (TPSA) is 88.8 Å². The number of likely N-dealkylation sites (N-methyl/N-ethyl adjacent to an activating group) is 1. The van der Waals surface area contributed by atoms with Gasteiger partial charge in [-0.15, -0.1) is 0 Å². The first kappa shape index (κ1) is 30.9. The van der Waals surface area contributed by atoms with E-state index in [1.807, 2.05) is 4.90 Å². The molecule has 0 unspecified atom stereocenters. The van der Waals surface area contributed by atoms with Gasteiger partial charge in [0.1, 0.15) is 12.4 Å². The molecular weight excluding hydrogens is 583 g/mol. The number of aromatic nitrogens is 2. The Balaban J connectivity index is 1.49. The van der Waals surface area contributed by atoms with Crippen molar-refractivity contribution in [2.45, 2.75) is 57.4 Å². The third-order valence-corrected chi connectivity index (χ3v) is 8.83. The molecule has 0 bridgehead atoms. The standard InChI is InChI=1S/C30H35ClF3N7O2/c1-3-26(42)41-16-15-40(17-20(41)10-12-35)28-22-11-14-39(25-9-5-8-23(31)27(25)30(32,33)34)18-24(22)36-29(37-28)43-19-21-7-6-13-38(21)4-2/h3,5,8-9,20-21H,1,4,6-7,10-11,13-19H2,2H3/t20-,21-/m0/s1. The molecule has 9 nitrogen and oxygen atoms in total. The number of amides is 1. The zero-order chi connectivity index (χ0) is 30.7. The number of anilines is 2. The van der Waals surface area contributed by atoms with Crippen molar-refractivity contribution in [1.29, 1.82) is 5.26 Å². The van der Waals surface area contributed by atoms with E-state index in [1.165, 1.54) is 24.3 Å². The van der Waals surface area contributed by atoms with Gasteiger partial charge in [0, 0.05) is 37.8 Å². The third kappa shape index (κ3) is 6.53. The SMILES string of the molecule is C=CC(=O)N1CCN(c2nc(OC[C@@H]3CCCN3CC)nc3c2CCN(c2cccc(Cl)c2C(F)(F)F)C3)C[C@@H]1CC#N. The summed E-state index contributed by atoms with van der Waals surface area (Å²) in [4.78, 5) is 29.7. The van der Waals surface area contributed by atoms with E-state index in [9.17, 15) is 23.2 Å². The van der Waals surface area contributed by atoms with Gasteiger partial charge in [-0.05, 0) is 50.6 Å². The number of rotatable bonds is 8. The lowest BCUT2D eigenvalue weighted by Gasteiger charge is -2.42. The maximum Gasteiger partial charge on any atom is 0.419 e. The van der Waals surface area contributed by atoms with Crippen LogP contribution in [0.2, 0.25) is 5.02 Å². The predicted molar refractivity (Wildman–Crippen MR) is 157 cm³/mol. The maximum absolute atomic E-state index is 14.0. The van der Waals surface area contributed by atoms with E-state index >= 15 is 0 Å². The summed E-state index contributed by atoms with van der Waals surface area (Å²) in [6.45, 7) is 9.66. The van der Waals surface area contributed by atoms with E-state index in [0.29, 0.717) is 50.7 Å². The number of ether oxygens (including phenoxy) is 1. The summed E-state index contributed by atoms with van der Waals surface area (Å²) in [6, 6.07) is 6.41. The molecule has 1 aromatic heterocycles. The smallest absolute Gasteiger partial charge is 0.419 e. The van der Waals surface area contributed by atoms with Crippen molar-refractivity contribution in [3.8, 4) is 12.1 Å². The van der Waals surface area contributed by atoms with Gasteiger partial charge in [0.15, 0.2) is 0 Å². The molecule has 43 heavy (non-hydrogen) atoms. The minimum atomic E-state index is -4.62. The number of likely N-dealkylation sites (tertiary alicyclic amines) is 1. The summed E-state index contributed by atoms with van der Waals surface area (Å²) in [5.74, 6) is 0.400. The number of benzene rings is 1. The average Bonchev–Trinajstić information content (AvgIpc) is 3.46. The number of fused-ring (bicyclic) bond motifs is 1. The monoisotopic (exact) mass is 617 g/mol. The number of nitriles is 1. The van der Waals surface area contributed by atoms with Crippen LogP contribution in [-0.4, -0.2) is 83.6 Å². The number of carbonyl (C=O) groups is 1. The molecule has 0 N–H and O–H groups in total. The van der Waals surface area contributed by atoms with Gasteiger partial charge >= 0.3 is 12.2 Å². The molecule has 3 aliphatic rings.